The van der Waals surface area contributed by atoms with E-state index in [9.17, 15) is 9.90 Å². The monoisotopic (exact) mass is 332 g/mol. The number of nitrogens with zero attached hydrogens (tertiary/aromatic N) is 2. The molecule has 1 amide bonds. The van der Waals surface area contributed by atoms with Crippen LogP contribution in [-0.2, 0) is 16.0 Å². The van der Waals surface area contributed by atoms with Crippen LogP contribution in [0.4, 0.5) is 0 Å². The standard InChI is InChI=1S/C19H28N2O3/c1-2-24-14-16(22)13-20-9-11-21(12-10-20)19(23)18-8-7-15-5-3-4-6-17(15)18/h3-6,16,18,22H,2,7-14H2,1H3. The van der Waals surface area contributed by atoms with Gasteiger partial charge in [-0.15, -0.1) is 0 Å². The fourth-order valence-corrected chi connectivity index (χ4v) is 3.79. The predicted octanol–water partition coefficient (Wildman–Crippen LogP) is 1.26. The summed E-state index contributed by atoms with van der Waals surface area (Å²) >= 11 is 0. The minimum atomic E-state index is -0.450. The average Bonchev–Trinajstić information content (AvgIpc) is 3.04. The molecule has 0 bridgehead atoms. The number of hydrogen-bond donors (Lipinski definition) is 1. The molecule has 1 aromatic rings. The maximum absolute atomic E-state index is 12.9. The molecule has 1 saturated heterocycles. The summed E-state index contributed by atoms with van der Waals surface area (Å²) in [6, 6.07) is 8.33. The number of hydrogen-bond acceptors (Lipinski definition) is 4. The molecular formula is C19H28N2O3. The highest BCUT2D eigenvalue weighted by Crippen LogP contribution is 2.34. The van der Waals surface area contributed by atoms with Gasteiger partial charge in [0.1, 0.15) is 0 Å². The van der Waals surface area contributed by atoms with Crippen LogP contribution in [0.1, 0.15) is 30.4 Å². The van der Waals surface area contributed by atoms with Gasteiger partial charge in [-0.25, -0.2) is 0 Å². The third kappa shape index (κ3) is 3.97. The molecule has 5 heteroatoms. The van der Waals surface area contributed by atoms with E-state index < -0.39 is 6.10 Å². The van der Waals surface area contributed by atoms with E-state index in [1.807, 2.05) is 17.9 Å². The predicted molar refractivity (Wildman–Crippen MR) is 93.0 cm³/mol. The Bertz CT molecular complexity index is 555. The molecule has 2 aliphatic rings. The Kier molecular flexibility index (Phi) is 5.87. The van der Waals surface area contributed by atoms with Crippen molar-refractivity contribution in [3.8, 4) is 0 Å². The number of benzene rings is 1. The Hall–Kier alpha value is -1.43. The topological polar surface area (TPSA) is 53.0 Å². The Balaban J connectivity index is 1.49. The van der Waals surface area contributed by atoms with Crippen molar-refractivity contribution in [1.82, 2.24) is 9.80 Å². The summed E-state index contributed by atoms with van der Waals surface area (Å²) in [6.07, 6.45) is 1.50. The van der Waals surface area contributed by atoms with E-state index in [0.717, 1.165) is 39.0 Å². The highest BCUT2D eigenvalue weighted by Gasteiger charge is 2.33. The van der Waals surface area contributed by atoms with Crippen molar-refractivity contribution < 1.29 is 14.6 Å². The van der Waals surface area contributed by atoms with Crippen LogP contribution in [0.2, 0.25) is 0 Å². The molecule has 2 unspecified atom stereocenters. The molecule has 2 atom stereocenters. The summed E-state index contributed by atoms with van der Waals surface area (Å²) < 4.78 is 5.26. The van der Waals surface area contributed by atoms with Crippen LogP contribution in [0.25, 0.3) is 0 Å². The van der Waals surface area contributed by atoms with Crippen LogP contribution in [-0.4, -0.2) is 72.9 Å². The first-order valence-electron chi connectivity index (χ1n) is 9.03. The van der Waals surface area contributed by atoms with Gasteiger partial charge in [0.15, 0.2) is 0 Å². The normalized spacial score (nSPS) is 22.4. The van der Waals surface area contributed by atoms with Gasteiger partial charge in [0, 0.05) is 39.3 Å². The van der Waals surface area contributed by atoms with Crippen LogP contribution in [0.3, 0.4) is 0 Å². The van der Waals surface area contributed by atoms with Gasteiger partial charge in [-0.2, -0.15) is 0 Å². The van der Waals surface area contributed by atoms with E-state index in [2.05, 4.69) is 23.1 Å². The van der Waals surface area contributed by atoms with Crippen LogP contribution in [0, 0.1) is 0 Å². The van der Waals surface area contributed by atoms with Crippen LogP contribution >= 0.6 is 0 Å². The van der Waals surface area contributed by atoms with Gasteiger partial charge in [0.25, 0.3) is 0 Å². The van der Waals surface area contributed by atoms with Gasteiger partial charge < -0.3 is 14.7 Å². The number of β-amino-alcohol motifs (C(OH)–C–C–N with tert-alkyl or cyclic N) is 1. The Morgan fingerprint density at radius 2 is 2.04 bits per heavy atom. The van der Waals surface area contributed by atoms with Crippen LogP contribution in [0.5, 0.6) is 0 Å². The molecule has 1 aromatic carbocycles. The quantitative estimate of drug-likeness (QED) is 0.852. The zero-order valence-corrected chi connectivity index (χ0v) is 14.5. The van der Waals surface area contributed by atoms with Gasteiger partial charge in [-0.1, -0.05) is 24.3 Å². The first-order chi connectivity index (χ1) is 11.7. The van der Waals surface area contributed by atoms with Crippen molar-refractivity contribution in [3.63, 3.8) is 0 Å². The Morgan fingerprint density at radius 1 is 1.29 bits per heavy atom. The smallest absolute Gasteiger partial charge is 0.230 e. The number of piperazine rings is 1. The van der Waals surface area contributed by atoms with E-state index in [0.29, 0.717) is 19.8 Å². The highest BCUT2D eigenvalue weighted by molar-refractivity contribution is 5.85. The van der Waals surface area contributed by atoms with Crippen molar-refractivity contribution in [2.45, 2.75) is 31.8 Å². The lowest BCUT2D eigenvalue weighted by molar-refractivity contribution is -0.134. The summed E-state index contributed by atoms with van der Waals surface area (Å²) in [6.45, 7) is 6.70. The molecule has 0 saturated carbocycles. The maximum atomic E-state index is 12.9. The van der Waals surface area contributed by atoms with Gasteiger partial charge in [0.2, 0.25) is 5.91 Å². The molecule has 24 heavy (non-hydrogen) atoms. The van der Waals surface area contributed by atoms with E-state index in [1.54, 1.807) is 0 Å². The minimum Gasteiger partial charge on any atom is -0.389 e. The average molecular weight is 332 g/mol. The maximum Gasteiger partial charge on any atom is 0.230 e. The van der Waals surface area contributed by atoms with Gasteiger partial charge in [0.05, 0.1) is 18.6 Å². The zero-order valence-electron chi connectivity index (χ0n) is 14.5. The van der Waals surface area contributed by atoms with Crippen molar-refractivity contribution >= 4 is 5.91 Å². The molecule has 1 heterocycles. The lowest BCUT2D eigenvalue weighted by Gasteiger charge is -2.36. The number of rotatable bonds is 6. The lowest BCUT2D eigenvalue weighted by atomic mass is 9.99. The Labute approximate surface area is 144 Å². The Morgan fingerprint density at radius 3 is 2.79 bits per heavy atom. The number of aliphatic hydroxyl groups excluding tert-OH is 1. The summed E-state index contributed by atoms with van der Waals surface area (Å²) in [7, 11) is 0. The molecule has 1 fully saturated rings. The molecular weight excluding hydrogens is 304 g/mol. The zero-order chi connectivity index (χ0) is 16.9. The number of carbonyl (C=O) groups excluding carboxylic acids is 1. The first-order valence-corrected chi connectivity index (χ1v) is 9.03. The molecule has 132 valence electrons. The highest BCUT2D eigenvalue weighted by atomic mass is 16.5. The van der Waals surface area contributed by atoms with E-state index >= 15 is 0 Å². The SMILES string of the molecule is CCOCC(O)CN1CCN(C(=O)C2CCc3ccccc32)CC1. The molecule has 0 aromatic heterocycles. The fraction of sp³-hybridized carbons (Fsp3) is 0.632. The lowest BCUT2D eigenvalue weighted by Crippen LogP contribution is -2.51. The minimum absolute atomic E-state index is 0.0382. The number of aliphatic hydroxyl groups is 1. The van der Waals surface area contributed by atoms with Crippen LogP contribution < -0.4 is 0 Å². The van der Waals surface area contributed by atoms with Crippen molar-refractivity contribution in [2.75, 3.05) is 45.9 Å². The molecule has 1 aliphatic carbocycles. The fourth-order valence-electron chi connectivity index (χ4n) is 3.79. The number of fused-ring (bicyclic) bond motifs is 1. The third-order valence-electron chi connectivity index (χ3n) is 5.10. The summed E-state index contributed by atoms with van der Waals surface area (Å²) in [5, 5.41) is 9.94. The van der Waals surface area contributed by atoms with Gasteiger partial charge in [-0.3, -0.25) is 9.69 Å². The molecule has 1 aliphatic heterocycles. The summed E-state index contributed by atoms with van der Waals surface area (Å²) in [5.41, 5.74) is 2.55. The van der Waals surface area contributed by atoms with Crippen LogP contribution in [0.15, 0.2) is 24.3 Å². The van der Waals surface area contributed by atoms with Gasteiger partial charge >= 0.3 is 0 Å². The molecule has 3 rings (SSSR count). The number of ether oxygens (including phenoxy) is 1. The molecule has 0 spiro atoms. The van der Waals surface area contributed by atoms with E-state index in [-0.39, 0.29) is 11.8 Å². The molecule has 1 N–H and O–H groups in total. The van der Waals surface area contributed by atoms with E-state index in [4.69, 9.17) is 4.74 Å². The number of carbonyl (C=O) groups is 1. The molecule has 0 radical (unpaired) electrons. The van der Waals surface area contributed by atoms with Crippen molar-refractivity contribution in [2.24, 2.45) is 0 Å². The van der Waals surface area contributed by atoms with Crippen molar-refractivity contribution in [1.29, 1.82) is 0 Å². The third-order valence-corrected chi connectivity index (χ3v) is 5.10. The van der Waals surface area contributed by atoms with Crippen molar-refractivity contribution in [3.05, 3.63) is 35.4 Å². The second-order valence-corrected chi connectivity index (χ2v) is 6.73. The second kappa shape index (κ2) is 8.10. The van der Waals surface area contributed by atoms with E-state index in [1.165, 1.54) is 11.1 Å². The molecule has 5 nitrogen and oxygen atoms in total. The second-order valence-electron chi connectivity index (χ2n) is 6.73. The largest absolute Gasteiger partial charge is 0.389 e. The number of amides is 1. The first kappa shape index (κ1) is 17.4. The van der Waals surface area contributed by atoms with Gasteiger partial charge in [-0.05, 0) is 30.9 Å². The summed E-state index contributed by atoms with van der Waals surface area (Å²) in [5.74, 6) is 0.311. The number of aryl methyl sites for hydroxylation is 1. The summed E-state index contributed by atoms with van der Waals surface area (Å²) in [4.78, 5) is 17.1.